The molecule has 0 heterocycles. The Morgan fingerprint density at radius 1 is 0.846 bits per heavy atom. The third-order valence-corrected chi connectivity index (χ3v) is 6.56. The highest BCUT2D eigenvalue weighted by Crippen LogP contribution is 2.23. The first-order valence-electron chi connectivity index (χ1n) is 12.3. The summed E-state index contributed by atoms with van der Waals surface area (Å²) in [7, 11) is 0.106. The minimum atomic E-state index is -1.68. The van der Waals surface area contributed by atoms with E-state index in [9.17, 15) is 23.7 Å². The minimum Gasteiger partial charge on any atom is -0.481 e. The molecule has 0 fully saturated rings. The molecule has 0 bridgehead atoms. The molecule has 39 heavy (non-hydrogen) atoms. The number of amides is 4. The number of carbonyl (C=O) groups excluding carboxylic acids is 2. The first-order valence-corrected chi connectivity index (χ1v) is 13.4. The van der Waals surface area contributed by atoms with E-state index in [4.69, 9.17) is 0 Å². The Balaban J connectivity index is 1.69. The topological polar surface area (TPSA) is 161 Å². The van der Waals surface area contributed by atoms with Crippen LogP contribution < -0.4 is 31.3 Å². The van der Waals surface area contributed by atoms with E-state index in [0.717, 1.165) is 12.1 Å². The molecular weight excluding hydrogens is 520 g/mol. The van der Waals surface area contributed by atoms with Gasteiger partial charge in [0, 0.05) is 36.3 Å². The van der Waals surface area contributed by atoms with Crippen molar-refractivity contribution in [2.75, 3.05) is 34.3 Å². The van der Waals surface area contributed by atoms with E-state index in [2.05, 4.69) is 31.3 Å². The number of rotatable bonds is 12. The lowest BCUT2D eigenvalue weighted by Gasteiger charge is -2.19. The van der Waals surface area contributed by atoms with Gasteiger partial charge in [0.1, 0.15) is 11.0 Å². The fourth-order valence-electron chi connectivity index (χ4n) is 3.56. The molecule has 0 saturated heterocycles. The van der Waals surface area contributed by atoms with Crippen LogP contribution in [-0.4, -0.2) is 40.9 Å². The largest absolute Gasteiger partial charge is 0.481 e. The van der Waals surface area contributed by atoms with Gasteiger partial charge in [0.25, 0.3) is 0 Å². The highest BCUT2D eigenvalue weighted by molar-refractivity contribution is 7.86. The summed E-state index contributed by atoms with van der Waals surface area (Å²) in [5.41, 5.74) is 2.90. The number of carboxylic acids is 1. The molecule has 206 valence electrons. The fourth-order valence-corrected chi connectivity index (χ4v) is 4.46. The van der Waals surface area contributed by atoms with E-state index in [0.29, 0.717) is 34.1 Å². The number of urea groups is 2. The van der Waals surface area contributed by atoms with E-state index in [1.165, 1.54) is 0 Å². The van der Waals surface area contributed by atoms with E-state index in [1.807, 2.05) is 6.92 Å². The quantitative estimate of drug-likeness (QED) is 0.172. The van der Waals surface area contributed by atoms with Gasteiger partial charge in [0.05, 0.1) is 17.4 Å². The summed E-state index contributed by atoms with van der Waals surface area (Å²) < 4.78 is 15.9. The van der Waals surface area contributed by atoms with Gasteiger partial charge in [-0.1, -0.05) is 25.1 Å². The number of carbonyl (C=O) groups is 3. The molecule has 3 aromatic carbocycles. The van der Waals surface area contributed by atoms with E-state index in [-0.39, 0.29) is 12.5 Å². The molecule has 2 atom stereocenters. The van der Waals surface area contributed by atoms with Crippen molar-refractivity contribution in [1.82, 2.24) is 10.6 Å². The lowest BCUT2D eigenvalue weighted by Crippen LogP contribution is -2.33. The van der Waals surface area contributed by atoms with E-state index in [1.54, 1.807) is 79.8 Å². The maximum absolute atomic E-state index is 13.0. The Hall–Kier alpha value is -4.58. The maximum Gasteiger partial charge on any atom is 0.319 e. The van der Waals surface area contributed by atoms with Crippen molar-refractivity contribution in [3.05, 3.63) is 78.4 Å². The molecule has 0 aliphatic carbocycles. The Kier molecular flexibility index (Phi) is 10.7. The number of anilines is 4. The van der Waals surface area contributed by atoms with Crippen LogP contribution in [0.15, 0.2) is 77.7 Å². The van der Waals surface area contributed by atoms with Crippen molar-refractivity contribution in [2.24, 2.45) is 0 Å². The SMILES string of the molecule is CCCNC(=O)Nc1cccc(S(=O)Nc2cccc(C(CC(=O)O)NC(=O)Nc3ccc(NC)cc3)c2)c1. The van der Waals surface area contributed by atoms with E-state index < -0.39 is 29.0 Å². The van der Waals surface area contributed by atoms with Crippen LogP contribution in [0.5, 0.6) is 0 Å². The van der Waals surface area contributed by atoms with Gasteiger partial charge >= 0.3 is 18.0 Å². The first kappa shape index (κ1) is 29.0. The van der Waals surface area contributed by atoms with Crippen LogP contribution in [0.4, 0.5) is 32.3 Å². The molecule has 0 saturated carbocycles. The molecule has 0 aromatic heterocycles. The van der Waals surface area contributed by atoms with Crippen molar-refractivity contribution >= 4 is 51.8 Å². The summed E-state index contributed by atoms with van der Waals surface area (Å²) in [5.74, 6) is -1.09. The summed E-state index contributed by atoms with van der Waals surface area (Å²) in [6, 6.07) is 18.6. The third kappa shape index (κ3) is 9.34. The Bertz CT molecular complexity index is 1320. The predicted molar refractivity (Wildman–Crippen MR) is 153 cm³/mol. The summed E-state index contributed by atoms with van der Waals surface area (Å²) in [6.45, 7) is 2.49. The highest BCUT2D eigenvalue weighted by Gasteiger charge is 2.19. The van der Waals surface area contributed by atoms with Crippen LogP contribution in [0.1, 0.15) is 31.4 Å². The molecule has 0 spiro atoms. The monoisotopic (exact) mass is 552 g/mol. The first-order chi connectivity index (χ1) is 18.8. The second kappa shape index (κ2) is 14.4. The number of hydrogen-bond acceptors (Lipinski definition) is 5. The number of hydrogen-bond donors (Lipinski definition) is 7. The van der Waals surface area contributed by atoms with Gasteiger partial charge in [-0.25, -0.2) is 13.8 Å². The zero-order valence-corrected chi connectivity index (χ0v) is 22.4. The lowest BCUT2D eigenvalue weighted by molar-refractivity contribution is -0.137. The molecule has 11 nitrogen and oxygen atoms in total. The molecule has 0 radical (unpaired) electrons. The van der Waals surface area contributed by atoms with Gasteiger partial charge in [-0.2, -0.15) is 0 Å². The van der Waals surface area contributed by atoms with Gasteiger partial charge < -0.3 is 36.4 Å². The summed E-state index contributed by atoms with van der Waals surface area (Å²) in [4.78, 5) is 36.5. The van der Waals surface area contributed by atoms with Gasteiger partial charge in [-0.3, -0.25) is 4.79 Å². The maximum atomic E-state index is 13.0. The Morgan fingerprint density at radius 3 is 2.21 bits per heavy atom. The van der Waals surface area contributed by atoms with Gasteiger partial charge in [-0.15, -0.1) is 0 Å². The van der Waals surface area contributed by atoms with Crippen molar-refractivity contribution in [3.63, 3.8) is 0 Å². The fraction of sp³-hybridized carbons (Fsp3) is 0.222. The summed E-state index contributed by atoms with van der Waals surface area (Å²) in [6.07, 6.45) is 0.450. The van der Waals surface area contributed by atoms with Crippen LogP contribution in [-0.2, 0) is 15.8 Å². The van der Waals surface area contributed by atoms with Crippen LogP contribution in [0, 0.1) is 0 Å². The number of aliphatic carboxylic acids is 1. The highest BCUT2D eigenvalue weighted by atomic mass is 32.2. The smallest absolute Gasteiger partial charge is 0.319 e. The zero-order chi connectivity index (χ0) is 28.2. The third-order valence-electron chi connectivity index (χ3n) is 5.46. The molecule has 3 rings (SSSR count). The standard InChI is InChI=1S/C27H32N6O5S/c1-3-14-29-26(36)31-21-7-5-9-23(16-21)39(38)33-22-8-4-6-18(15-22)24(17-25(34)35)32-27(37)30-20-12-10-19(28-2)11-13-20/h4-13,15-16,24,28,33H,3,14,17H2,1-2H3,(H,34,35)(H2,29,31,36)(H2,30,32,37). The van der Waals surface area contributed by atoms with Crippen molar-refractivity contribution in [2.45, 2.75) is 30.7 Å². The van der Waals surface area contributed by atoms with Crippen LogP contribution in [0.2, 0.25) is 0 Å². The average Bonchev–Trinajstić information content (AvgIpc) is 2.92. The number of nitrogens with one attached hydrogen (secondary N) is 6. The van der Waals surface area contributed by atoms with Crippen LogP contribution in [0.25, 0.3) is 0 Å². The summed E-state index contributed by atoms with van der Waals surface area (Å²) in [5, 5.41) is 23.2. The second-order valence-corrected chi connectivity index (χ2v) is 9.69. The van der Waals surface area contributed by atoms with Crippen LogP contribution in [0.3, 0.4) is 0 Å². The van der Waals surface area contributed by atoms with Gasteiger partial charge in [0.15, 0.2) is 0 Å². The second-order valence-electron chi connectivity index (χ2n) is 8.48. The predicted octanol–water partition coefficient (Wildman–Crippen LogP) is 4.73. The van der Waals surface area contributed by atoms with Gasteiger partial charge in [-0.05, 0) is 66.6 Å². The molecule has 4 amide bonds. The van der Waals surface area contributed by atoms with Crippen LogP contribution >= 0.6 is 0 Å². The molecule has 0 aliphatic heterocycles. The molecule has 0 aliphatic rings. The van der Waals surface area contributed by atoms with Crippen molar-refractivity contribution < 1.29 is 23.7 Å². The lowest BCUT2D eigenvalue weighted by atomic mass is 10.0. The normalized spacial score (nSPS) is 11.9. The summed E-state index contributed by atoms with van der Waals surface area (Å²) >= 11 is 0. The Labute approximate surface area is 229 Å². The average molecular weight is 553 g/mol. The molecular formula is C27H32N6O5S. The number of benzene rings is 3. The van der Waals surface area contributed by atoms with Crippen molar-refractivity contribution in [1.29, 1.82) is 0 Å². The Morgan fingerprint density at radius 2 is 1.51 bits per heavy atom. The molecule has 12 heteroatoms. The molecule has 3 aromatic rings. The molecule has 7 N–H and O–H groups in total. The number of carboxylic acid groups (broad SMARTS) is 1. The minimum absolute atomic E-state index is 0.351. The van der Waals surface area contributed by atoms with Gasteiger partial charge in [0.2, 0.25) is 0 Å². The van der Waals surface area contributed by atoms with Crippen molar-refractivity contribution in [3.8, 4) is 0 Å². The molecule has 2 unspecified atom stereocenters. The van der Waals surface area contributed by atoms with E-state index >= 15 is 0 Å². The zero-order valence-electron chi connectivity index (χ0n) is 21.6.